The van der Waals surface area contributed by atoms with Crippen LogP contribution in [0.1, 0.15) is 22.8 Å². The SMILES string of the molecule is Cc1c(Br)cccc1C(O)Cc1ccc(Cl)cc1. The standard InChI is InChI=1S/C15H14BrClO/c1-10-13(3-2-4-14(10)16)15(18)9-11-5-7-12(17)8-6-11/h2-8,15,18H,9H2,1H3. The molecule has 0 bridgehead atoms. The summed E-state index contributed by atoms with van der Waals surface area (Å²) in [6.07, 6.45) is 0.0951. The van der Waals surface area contributed by atoms with Crippen molar-refractivity contribution in [1.29, 1.82) is 0 Å². The van der Waals surface area contributed by atoms with Gasteiger partial charge in [-0.1, -0.05) is 51.8 Å². The van der Waals surface area contributed by atoms with Gasteiger partial charge in [0.25, 0.3) is 0 Å². The summed E-state index contributed by atoms with van der Waals surface area (Å²) < 4.78 is 1.02. The van der Waals surface area contributed by atoms with Gasteiger partial charge in [-0.3, -0.25) is 0 Å². The van der Waals surface area contributed by atoms with Crippen molar-refractivity contribution in [1.82, 2.24) is 0 Å². The van der Waals surface area contributed by atoms with Crippen LogP contribution in [0.15, 0.2) is 46.9 Å². The molecule has 0 spiro atoms. The fourth-order valence-electron chi connectivity index (χ4n) is 1.94. The number of rotatable bonds is 3. The van der Waals surface area contributed by atoms with Crippen LogP contribution in [0, 0.1) is 6.92 Å². The van der Waals surface area contributed by atoms with Gasteiger partial charge in [-0.15, -0.1) is 0 Å². The third-order valence-corrected chi connectivity index (χ3v) is 4.12. The maximum atomic E-state index is 10.3. The van der Waals surface area contributed by atoms with E-state index in [2.05, 4.69) is 15.9 Å². The Kier molecular flexibility index (Phi) is 4.44. The Bertz CT molecular complexity index is 537. The van der Waals surface area contributed by atoms with Crippen molar-refractivity contribution in [2.75, 3.05) is 0 Å². The van der Waals surface area contributed by atoms with Crippen molar-refractivity contribution >= 4 is 27.5 Å². The number of halogens is 2. The van der Waals surface area contributed by atoms with Crippen molar-refractivity contribution in [2.24, 2.45) is 0 Å². The first-order valence-corrected chi connectivity index (χ1v) is 6.92. The van der Waals surface area contributed by atoms with E-state index in [4.69, 9.17) is 11.6 Å². The molecule has 3 heteroatoms. The molecule has 1 nitrogen and oxygen atoms in total. The maximum Gasteiger partial charge on any atom is 0.0833 e. The summed E-state index contributed by atoms with van der Waals surface area (Å²) in [5.74, 6) is 0. The lowest BCUT2D eigenvalue weighted by Crippen LogP contribution is -2.04. The van der Waals surface area contributed by atoms with Crippen molar-refractivity contribution in [3.63, 3.8) is 0 Å². The molecule has 2 aromatic carbocycles. The number of benzene rings is 2. The minimum absolute atomic E-state index is 0.497. The summed E-state index contributed by atoms with van der Waals surface area (Å²) in [6, 6.07) is 13.5. The molecular weight excluding hydrogens is 312 g/mol. The average Bonchev–Trinajstić information content (AvgIpc) is 2.35. The van der Waals surface area contributed by atoms with Gasteiger partial charge in [-0.25, -0.2) is 0 Å². The van der Waals surface area contributed by atoms with Gasteiger partial charge in [-0.2, -0.15) is 0 Å². The highest BCUT2D eigenvalue weighted by atomic mass is 79.9. The molecule has 0 amide bonds. The number of hydrogen-bond acceptors (Lipinski definition) is 1. The zero-order valence-electron chi connectivity index (χ0n) is 10.0. The Balaban J connectivity index is 2.19. The highest BCUT2D eigenvalue weighted by molar-refractivity contribution is 9.10. The molecule has 2 rings (SSSR count). The van der Waals surface area contributed by atoms with E-state index in [1.54, 1.807) is 0 Å². The smallest absolute Gasteiger partial charge is 0.0833 e. The van der Waals surface area contributed by atoms with E-state index < -0.39 is 6.10 Å². The predicted molar refractivity (Wildman–Crippen MR) is 79.0 cm³/mol. The van der Waals surface area contributed by atoms with Gasteiger partial charge in [0.15, 0.2) is 0 Å². The number of aliphatic hydroxyl groups is 1. The second-order valence-electron chi connectivity index (χ2n) is 4.30. The number of hydrogen-bond donors (Lipinski definition) is 1. The van der Waals surface area contributed by atoms with Crippen LogP contribution in [0.2, 0.25) is 5.02 Å². The largest absolute Gasteiger partial charge is 0.388 e. The van der Waals surface area contributed by atoms with Gasteiger partial charge in [0.05, 0.1) is 6.10 Å². The van der Waals surface area contributed by atoms with Crippen LogP contribution in [-0.2, 0) is 6.42 Å². The third-order valence-electron chi connectivity index (χ3n) is 3.01. The van der Waals surface area contributed by atoms with E-state index in [9.17, 15) is 5.11 Å². The summed E-state index contributed by atoms with van der Waals surface area (Å²) in [4.78, 5) is 0. The molecule has 0 heterocycles. The molecular formula is C15H14BrClO. The first-order valence-electron chi connectivity index (χ1n) is 5.75. The molecule has 0 aromatic heterocycles. The Labute approximate surface area is 121 Å². The zero-order valence-corrected chi connectivity index (χ0v) is 12.4. The van der Waals surface area contributed by atoms with Crippen LogP contribution in [0.3, 0.4) is 0 Å². The van der Waals surface area contributed by atoms with Crippen LogP contribution in [0.5, 0.6) is 0 Å². The monoisotopic (exact) mass is 324 g/mol. The quantitative estimate of drug-likeness (QED) is 0.868. The Morgan fingerprint density at radius 1 is 1.17 bits per heavy atom. The normalized spacial score (nSPS) is 12.4. The second kappa shape index (κ2) is 5.87. The van der Waals surface area contributed by atoms with E-state index in [0.29, 0.717) is 11.4 Å². The molecule has 0 radical (unpaired) electrons. The zero-order chi connectivity index (χ0) is 13.1. The molecule has 0 aliphatic carbocycles. The molecule has 1 N–H and O–H groups in total. The predicted octanol–water partition coefficient (Wildman–Crippen LogP) is 4.69. The van der Waals surface area contributed by atoms with Crippen LogP contribution in [0.25, 0.3) is 0 Å². The summed E-state index contributed by atoms with van der Waals surface area (Å²) in [5.41, 5.74) is 3.12. The van der Waals surface area contributed by atoms with Gasteiger partial charge < -0.3 is 5.11 Å². The van der Waals surface area contributed by atoms with Crippen molar-refractivity contribution in [3.8, 4) is 0 Å². The third kappa shape index (κ3) is 3.14. The summed E-state index contributed by atoms with van der Waals surface area (Å²) in [7, 11) is 0. The molecule has 0 saturated heterocycles. The number of aliphatic hydroxyl groups excluding tert-OH is 1. The van der Waals surface area contributed by atoms with E-state index in [-0.39, 0.29) is 0 Å². The van der Waals surface area contributed by atoms with Crippen LogP contribution < -0.4 is 0 Å². The van der Waals surface area contributed by atoms with E-state index in [1.807, 2.05) is 49.4 Å². The summed E-state index contributed by atoms with van der Waals surface area (Å²) >= 11 is 9.32. The molecule has 0 aliphatic heterocycles. The fraction of sp³-hybridized carbons (Fsp3) is 0.200. The lowest BCUT2D eigenvalue weighted by molar-refractivity contribution is 0.177. The van der Waals surface area contributed by atoms with Crippen LogP contribution >= 0.6 is 27.5 Å². The van der Waals surface area contributed by atoms with Gasteiger partial charge in [-0.05, 0) is 41.8 Å². The van der Waals surface area contributed by atoms with Crippen molar-refractivity contribution in [3.05, 3.63) is 68.7 Å². The lowest BCUT2D eigenvalue weighted by atomic mass is 9.98. The Morgan fingerprint density at radius 2 is 1.83 bits per heavy atom. The van der Waals surface area contributed by atoms with Gasteiger partial charge >= 0.3 is 0 Å². The highest BCUT2D eigenvalue weighted by Crippen LogP contribution is 2.27. The fourth-order valence-corrected chi connectivity index (χ4v) is 2.45. The molecule has 1 unspecified atom stereocenters. The van der Waals surface area contributed by atoms with Crippen molar-refractivity contribution in [2.45, 2.75) is 19.4 Å². The Morgan fingerprint density at radius 3 is 2.50 bits per heavy atom. The molecule has 18 heavy (non-hydrogen) atoms. The lowest BCUT2D eigenvalue weighted by Gasteiger charge is -2.15. The van der Waals surface area contributed by atoms with E-state index >= 15 is 0 Å². The minimum atomic E-state index is -0.497. The van der Waals surface area contributed by atoms with Crippen molar-refractivity contribution < 1.29 is 5.11 Å². The molecule has 94 valence electrons. The first-order chi connectivity index (χ1) is 8.58. The van der Waals surface area contributed by atoms with E-state index in [0.717, 1.165) is 21.2 Å². The molecule has 0 aliphatic rings. The molecule has 0 saturated carbocycles. The summed E-state index contributed by atoms with van der Waals surface area (Å²) in [6.45, 7) is 2.00. The van der Waals surface area contributed by atoms with Gasteiger partial charge in [0.1, 0.15) is 0 Å². The average molecular weight is 326 g/mol. The van der Waals surface area contributed by atoms with Crippen LogP contribution in [-0.4, -0.2) is 5.11 Å². The first kappa shape index (κ1) is 13.6. The van der Waals surface area contributed by atoms with Crippen LogP contribution in [0.4, 0.5) is 0 Å². The van der Waals surface area contributed by atoms with E-state index in [1.165, 1.54) is 0 Å². The summed E-state index contributed by atoms with van der Waals surface area (Å²) in [5, 5.41) is 11.0. The second-order valence-corrected chi connectivity index (χ2v) is 5.59. The Hall–Kier alpha value is -0.830. The molecule has 2 aromatic rings. The highest BCUT2D eigenvalue weighted by Gasteiger charge is 2.12. The molecule has 0 fully saturated rings. The molecule has 1 atom stereocenters. The topological polar surface area (TPSA) is 20.2 Å². The maximum absolute atomic E-state index is 10.3. The van der Waals surface area contributed by atoms with Gasteiger partial charge in [0, 0.05) is 15.9 Å². The minimum Gasteiger partial charge on any atom is -0.388 e. The van der Waals surface area contributed by atoms with Gasteiger partial charge in [0.2, 0.25) is 0 Å².